The van der Waals surface area contributed by atoms with E-state index in [1.165, 1.54) is 5.56 Å². The molecule has 0 radical (unpaired) electrons. The van der Waals surface area contributed by atoms with Gasteiger partial charge in [-0.15, -0.1) is 0 Å². The minimum Gasteiger partial charge on any atom is -0.365 e. The fraction of sp³-hybridized carbons (Fsp3) is 0.292. The standard InChI is InChI=1S/C24H24N4O/c29-24(21-15-20(21)18-7-3-1-4-8-18)28-13-11-27(12-14-28)22-16-25-17-26-23(22)19-9-5-2-6-10-19/h1-10,16-17,20-21H,11-15H2/t20-,21+/m0/s1. The van der Waals surface area contributed by atoms with Crippen LogP contribution in [-0.2, 0) is 4.79 Å². The van der Waals surface area contributed by atoms with Crippen LogP contribution in [0.4, 0.5) is 5.69 Å². The van der Waals surface area contributed by atoms with E-state index in [1.54, 1.807) is 6.33 Å². The summed E-state index contributed by atoms with van der Waals surface area (Å²) in [4.78, 5) is 26.1. The molecular formula is C24H24N4O. The number of amides is 1. The molecule has 1 amide bonds. The zero-order valence-electron chi connectivity index (χ0n) is 16.3. The zero-order valence-corrected chi connectivity index (χ0v) is 16.3. The van der Waals surface area contributed by atoms with Gasteiger partial charge >= 0.3 is 0 Å². The van der Waals surface area contributed by atoms with E-state index in [0.29, 0.717) is 11.8 Å². The number of carbonyl (C=O) groups excluding carboxylic acids is 1. The van der Waals surface area contributed by atoms with E-state index in [1.807, 2.05) is 35.4 Å². The SMILES string of the molecule is O=C([C@@H]1C[C@H]1c1ccccc1)N1CCN(c2cncnc2-c2ccccc2)CC1. The lowest BCUT2D eigenvalue weighted by Crippen LogP contribution is -2.49. The summed E-state index contributed by atoms with van der Waals surface area (Å²) in [5.41, 5.74) is 4.37. The van der Waals surface area contributed by atoms with Crippen LogP contribution >= 0.6 is 0 Å². The van der Waals surface area contributed by atoms with Crippen molar-refractivity contribution in [3.63, 3.8) is 0 Å². The number of nitrogens with zero attached hydrogens (tertiary/aromatic N) is 4. The number of anilines is 1. The average Bonchev–Trinajstić information content (AvgIpc) is 3.61. The molecule has 29 heavy (non-hydrogen) atoms. The Kier molecular flexibility index (Phi) is 4.72. The molecule has 5 rings (SSSR count). The highest BCUT2D eigenvalue weighted by atomic mass is 16.2. The maximum Gasteiger partial charge on any atom is 0.226 e. The zero-order chi connectivity index (χ0) is 19.6. The van der Waals surface area contributed by atoms with Crippen LogP contribution in [0.15, 0.2) is 73.2 Å². The summed E-state index contributed by atoms with van der Waals surface area (Å²) in [5.74, 6) is 0.865. The van der Waals surface area contributed by atoms with Gasteiger partial charge in [0.05, 0.1) is 17.6 Å². The van der Waals surface area contributed by atoms with E-state index < -0.39 is 0 Å². The van der Waals surface area contributed by atoms with Crippen molar-refractivity contribution < 1.29 is 4.79 Å². The van der Waals surface area contributed by atoms with E-state index in [9.17, 15) is 4.79 Å². The molecule has 2 aliphatic rings. The second-order valence-electron chi connectivity index (χ2n) is 7.79. The third kappa shape index (κ3) is 3.60. The molecule has 3 aromatic rings. The Morgan fingerprint density at radius 3 is 2.31 bits per heavy atom. The molecule has 0 N–H and O–H groups in total. The Labute approximate surface area is 171 Å². The molecule has 5 heteroatoms. The van der Waals surface area contributed by atoms with Crippen LogP contribution in [0.2, 0.25) is 0 Å². The number of carbonyl (C=O) groups is 1. The van der Waals surface area contributed by atoms with Crippen LogP contribution in [0.1, 0.15) is 17.9 Å². The second-order valence-corrected chi connectivity index (χ2v) is 7.79. The summed E-state index contributed by atoms with van der Waals surface area (Å²) in [7, 11) is 0. The second kappa shape index (κ2) is 7.66. The molecular weight excluding hydrogens is 360 g/mol. The highest BCUT2D eigenvalue weighted by molar-refractivity contribution is 5.83. The average molecular weight is 384 g/mol. The molecule has 0 bridgehead atoms. The van der Waals surface area contributed by atoms with Crippen LogP contribution < -0.4 is 4.90 Å². The van der Waals surface area contributed by atoms with E-state index in [-0.39, 0.29) is 5.92 Å². The Morgan fingerprint density at radius 1 is 0.897 bits per heavy atom. The van der Waals surface area contributed by atoms with Crippen molar-refractivity contribution in [2.24, 2.45) is 5.92 Å². The van der Waals surface area contributed by atoms with Crippen molar-refractivity contribution in [2.45, 2.75) is 12.3 Å². The number of aromatic nitrogens is 2. The van der Waals surface area contributed by atoms with Gasteiger partial charge in [-0.25, -0.2) is 9.97 Å². The van der Waals surface area contributed by atoms with Crippen LogP contribution in [0, 0.1) is 5.92 Å². The van der Waals surface area contributed by atoms with Gasteiger partial charge in [-0.1, -0.05) is 60.7 Å². The number of hydrogen-bond acceptors (Lipinski definition) is 4. The predicted molar refractivity (Wildman–Crippen MR) is 114 cm³/mol. The molecule has 1 aromatic heterocycles. The highest BCUT2D eigenvalue weighted by Crippen LogP contribution is 2.48. The smallest absolute Gasteiger partial charge is 0.226 e. The molecule has 5 nitrogen and oxygen atoms in total. The normalized spacial score (nSPS) is 21.1. The van der Waals surface area contributed by atoms with E-state index >= 15 is 0 Å². The molecule has 1 aliphatic heterocycles. The first-order chi connectivity index (χ1) is 14.3. The van der Waals surface area contributed by atoms with Crippen molar-refractivity contribution in [1.82, 2.24) is 14.9 Å². The third-order valence-electron chi connectivity index (χ3n) is 6.01. The third-order valence-corrected chi connectivity index (χ3v) is 6.01. The number of benzene rings is 2. The minimum absolute atomic E-state index is 0.156. The molecule has 1 saturated heterocycles. The maximum absolute atomic E-state index is 13.0. The van der Waals surface area contributed by atoms with E-state index in [0.717, 1.165) is 49.5 Å². The Balaban J connectivity index is 1.25. The van der Waals surface area contributed by atoms with Crippen LogP contribution in [0.3, 0.4) is 0 Å². The fourth-order valence-corrected chi connectivity index (χ4v) is 4.31. The molecule has 2 aromatic carbocycles. The van der Waals surface area contributed by atoms with Gasteiger partial charge < -0.3 is 9.80 Å². The first kappa shape index (κ1) is 17.9. The van der Waals surface area contributed by atoms with Crippen molar-refractivity contribution in [3.05, 3.63) is 78.8 Å². The highest BCUT2D eigenvalue weighted by Gasteiger charge is 2.46. The summed E-state index contributed by atoms with van der Waals surface area (Å²) in [5, 5.41) is 0. The van der Waals surface area contributed by atoms with Gasteiger partial charge in [-0.3, -0.25) is 4.79 Å². The first-order valence-electron chi connectivity index (χ1n) is 10.3. The molecule has 1 saturated carbocycles. The molecule has 0 spiro atoms. The van der Waals surface area contributed by atoms with Crippen molar-refractivity contribution in [1.29, 1.82) is 0 Å². The lowest BCUT2D eigenvalue weighted by atomic mass is 10.1. The summed E-state index contributed by atoms with van der Waals surface area (Å²) >= 11 is 0. The van der Waals surface area contributed by atoms with Crippen LogP contribution in [0.25, 0.3) is 11.3 Å². The van der Waals surface area contributed by atoms with Gasteiger partial charge in [0.15, 0.2) is 0 Å². The number of hydrogen-bond donors (Lipinski definition) is 0. The summed E-state index contributed by atoms with van der Waals surface area (Å²) < 4.78 is 0. The van der Waals surface area contributed by atoms with Crippen molar-refractivity contribution in [3.8, 4) is 11.3 Å². The lowest BCUT2D eigenvalue weighted by molar-refractivity contribution is -0.132. The van der Waals surface area contributed by atoms with Crippen LogP contribution in [0.5, 0.6) is 0 Å². The van der Waals surface area contributed by atoms with Gasteiger partial charge in [0, 0.05) is 37.7 Å². The quantitative estimate of drug-likeness (QED) is 0.690. The molecule has 146 valence electrons. The Hall–Kier alpha value is -3.21. The maximum atomic E-state index is 13.0. The summed E-state index contributed by atoms with van der Waals surface area (Å²) in [6, 6.07) is 20.6. The van der Waals surface area contributed by atoms with Crippen molar-refractivity contribution >= 4 is 11.6 Å². The van der Waals surface area contributed by atoms with Gasteiger partial charge in [0.25, 0.3) is 0 Å². The number of piperazine rings is 1. The molecule has 2 atom stereocenters. The fourth-order valence-electron chi connectivity index (χ4n) is 4.31. The summed E-state index contributed by atoms with van der Waals surface area (Å²) in [6.07, 6.45) is 4.47. The lowest BCUT2D eigenvalue weighted by Gasteiger charge is -2.36. The molecule has 1 aliphatic carbocycles. The first-order valence-corrected chi connectivity index (χ1v) is 10.3. The van der Waals surface area contributed by atoms with Gasteiger partial charge in [-0.2, -0.15) is 0 Å². The number of rotatable bonds is 4. The van der Waals surface area contributed by atoms with E-state index in [4.69, 9.17) is 0 Å². The Bertz CT molecular complexity index is 984. The monoisotopic (exact) mass is 384 g/mol. The Morgan fingerprint density at radius 2 is 1.59 bits per heavy atom. The minimum atomic E-state index is 0.156. The van der Waals surface area contributed by atoms with Crippen LogP contribution in [-0.4, -0.2) is 47.0 Å². The largest absolute Gasteiger partial charge is 0.365 e. The van der Waals surface area contributed by atoms with Crippen molar-refractivity contribution in [2.75, 3.05) is 31.1 Å². The van der Waals surface area contributed by atoms with Gasteiger partial charge in [0.2, 0.25) is 5.91 Å². The predicted octanol–water partition coefficient (Wildman–Crippen LogP) is 3.60. The van der Waals surface area contributed by atoms with Gasteiger partial charge in [0.1, 0.15) is 6.33 Å². The molecule has 2 fully saturated rings. The summed E-state index contributed by atoms with van der Waals surface area (Å²) in [6.45, 7) is 3.11. The topological polar surface area (TPSA) is 49.3 Å². The van der Waals surface area contributed by atoms with Gasteiger partial charge in [-0.05, 0) is 17.9 Å². The van der Waals surface area contributed by atoms with E-state index in [2.05, 4.69) is 51.3 Å². The molecule has 0 unspecified atom stereocenters. The molecule has 2 heterocycles.